The van der Waals surface area contributed by atoms with E-state index in [1.54, 1.807) is 12.0 Å². The highest BCUT2D eigenvalue weighted by Gasteiger charge is 2.37. The van der Waals surface area contributed by atoms with Crippen LogP contribution in [-0.2, 0) is 16.0 Å². The van der Waals surface area contributed by atoms with Crippen LogP contribution >= 0.6 is 0 Å². The van der Waals surface area contributed by atoms with Crippen LogP contribution in [0.4, 0.5) is 4.79 Å². The zero-order chi connectivity index (χ0) is 16.3. The normalized spacial score (nSPS) is 15.2. The smallest absolute Gasteiger partial charge is 0.410 e. The minimum Gasteiger partial charge on any atom is -0.497 e. The number of carbonyl (C=O) groups excluding carboxylic acids is 2. The number of hydrogen-bond donors (Lipinski definition) is 0. The number of nitrogens with zero attached hydrogens (tertiary/aromatic N) is 1. The summed E-state index contributed by atoms with van der Waals surface area (Å²) in [7, 11) is 1.61. The van der Waals surface area contributed by atoms with Crippen molar-refractivity contribution in [1.82, 2.24) is 4.90 Å². The average molecular weight is 305 g/mol. The topological polar surface area (TPSA) is 55.8 Å². The highest BCUT2D eigenvalue weighted by Crippen LogP contribution is 2.22. The van der Waals surface area contributed by atoms with Gasteiger partial charge in [-0.25, -0.2) is 4.79 Å². The van der Waals surface area contributed by atoms with Crippen molar-refractivity contribution < 1.29 is 19.1 Å². The van der Waals surface area contributed by atoms with Gasteiger partial charge in [0.05, 0.1) is 13.0 Å². The monoisotopic (exact) mass is 305 g/mol. The summed E-state index contributed by atoms with van der Waals surface area (Å²) >= 11 is 0. The van der Waals surface area contributed by atoms with E-state index in [1.807, 2.05) is 45.0 Å². The molecular formula is C17H23NO4. The average Bonchev–Trinajstić information content (AvgIpc) is 2.35. The van der Waals surface area contributed by atoms with Crippen molar-refractivity contribution in [2.45, 2.75) is 32.8 Å². The molecule has 1 saturated heterocycles. The number of carbonyl (C=O) groups is 2. The fourth-order valence-electron chi connectivity index (χ4n) is 2.25. The van der Waals surface area contributed by atoms with Crippen molar-refractivity contribution in [1.29, 1.82) is 0 Å². The highest BCUT2D eigenvalue weighted by atomic mass is 16.6. The van der Waals surface area contributed by atoms with Crippen molar-refractivity contribution in [3.8, 4) is 5.75 Å². The van der Waals surface area contributed by atoms with E-state index < -0.39 is 5.60 Å². The van der Waals surface area contributed by atoms with Crippen molar-refractivity contribution >= 4 is 11.9 Å². The van der Waals surface area contributed by atoms with E-state index >= 15 is 0 Å². The molecule has 5 heteroatoms. The van der Waals surface area contributed by atoms with Crippen LogP contribution in [0.25, 0.3) is 0 Å². The summed E-state index contributed by atoms with van der Waals surface area (Å²) in [4.78, 5) is 25.6. The quantitative estimate of drug-likeness (QED) is 0.858. The number of methoxy groups -OCH3 is 1. The van der Waals surface area contributed by atoms with Crippen LogP contribution in [0, 0.1) is 5.92 Å². The van der Waals surface area contributed by atoms with Gasteiger partial charge in [-0.05, 0) is 38.5 Å². The van der Waals surface area contributed by atoms with Crippen molar-refractivity contribution in [2.24, 2.45) is 5.92 Å². The molecule has 0 bridgehead atoms. The molecule has 120 valence electrons. The predicted octanol–water partition coefficient (Wildman–Crippen LogP) is 2.67. The lowest BCUT2D eigenvalue weighted by molar-refractivity contribution is -0.126. The maximum absolute atomic E-state index is 12.2. The van der Waals surface area contributed by atoms with Gasteiger partial charge in [0.1, 0.15) is 17.1 Å². The first-order valence-corrected chi connectivity index (χ1v) is 7.42. The fraction of sp³-hybridized carbons (Fsp3) is 0.529. The molecule has 1 amide bonds. The summed E-state index contributed by atoms with van der Waals surface area (Å²) in [5.41, 5.74) is 0.455. The number of benzene rings is 1. The van der Waals surface area contributed by atoms with Gasteiger partial charge in [-0.3, -0.25) is 4.79 Å². The largest absolute Gasteiger partial charge is 0.497 e. The maximum Gasteiger partial charge on any atom is 0.410 e. The van der Waals surface area contributed by atoms with Gasteiger partial charge in [0, 0.05) is 19.5 Å². The van der Waals surface area contributed by atoms with Gasteiger partial charge in [-0.15, -0.1) is 0 Å². The van der Waals surface area contributed by atoms with E-state index in [-0.39, 0.29) is 17.8 Å². The molecule has 0 saturated carbocycles. The third kappa shape index (κ3) is 4.23. The molecule has 0 N–H and O–H groups in total. The van der Waals surface area contributed by atoms with Gasteiger partial charge in [-0.2, -0.15) is 0 Å². The predicted molar refractivity (Wildman–Crippen MR) is 83.0 cm³/mol. The first kappa shape index (κ1) is 16.3. The molecule has 2 rings (SSSR count). The second-order valence-corrected chi connectivity index (χ2v) is 6.57. The summed E-state index contributed by atoms with van der Waals surface area (Å²) < 4.78 is 10.4. The zero-order valence-corrected chi connectivity index (χ0v) is 13.6. The van der Waals surface area contributed by atoms with Crippen LogP contribution in [0.5, 0.6) is 5.75 Å². The van der Waals surface area contributed by atoms with Crippen molar-refractivity contribution in [2.75, 3.05) is 20.2 Å². The summed E-state index contributed by atoms with van der Waals surface area (Å²) in [5.74, 6) is 0.843. The molecule has 5 nitrogen and oxygen atoms in total. The number of rotatable bonds is 4. The minimum absolute atomic E-state index is 0.0883. The van der Waals surface area contributed by atoms with E-state index in [4.69, 9.17) is 9.47 Å². The van der Waals surface area contributed by atoms with E-state index in [0.29, 0.717) is 19.5 Å². The molecule has 1 aliphatic heterocycles. The Morgan fingerprint density at radius 2 is 1.77 bits per heavy atom. The van der Waals surface area contributed by atoms with E-state index in [2.05, 4.69) is 0 Å². The molecule has 1 fully saturated rings. The lowest BCUT2D eigenvalue weighted by Crippen LogP contribution is -2.54. The van der Waals surface area contributed by atoms with Crippen LogP contribution in [0.2, 0.25) is 0 Å². The van der Waals surface area contributed by atoms with E-state index in [0.717, 1.165) is 11.3 Å². The third-order valence-electron chi connectivity index (χ3n) is 3.53. The molecule has 0 atom stereocenters. The Morgan fingerprint density at radius 3 is 2.27 bits per heavy atom. The van der Waals surface area contributed by atoms with E-state index in [1.165, 1.54) is 0 Å². The summed E-state index contributed by atoms with van der Waals surface area (Å²) in [6, 6.07) is 7.47. The Hall–Kier alpha value is -2.04. The third-order valence-corrected chi connectivity index (χ3v) is 3.53. The standard InChI is InChI=1S/C17H23NO4/c1-17(2,3)22-16(20)18-10-13(11-18)15(19)9-12-5-7-14(21-4)8-6-12/h5-8,13H,9-11H2,1-4H3. The lowest BCUT2D eigenvalue weighted by Gasteiger charge is -2.38. The van der Waals surface area contributed by atoms with Gasteiger partial charge in [0.2, 0.25) is 0 Å². The number of ketones is 1. The first-order chi connectivity index (χ1) is 10.3. The molecule has 0 aliphatic carbocycles. The van der Waals surface area contributed by atoms with Crippen LogP contribution in [-0.4, -0.2) is 42.6 Å². The van der Waals surface area contributed by atoms with Crippen molar-refractivity contribution in [3.05, 3.63) is 29.8 Å². The Bertz CT molecular complexity index is 539. The number of hydrogen-bond acceptors (Lipinski definition) is 4. The molecule has 1 heterocycles. The van der Waals surface area contributed by atoms with Gasteiger partial charge < -0.3 is 14.4 Å². The summed E-state index contributed by atoms with van der Waals surface area (Å²) in [6.45, 7) is 6.39. The molecule has 1 aliphatic rings. The molecule has 1 aromatic rings. The molecular weight excluding hydrogens is 282 g/mol. The molecule has 0 spiro atoms. The lowest BCUT2D eigenvalue weighted by atomic mass is 9.91. The van der Waals surface area contributed by atoms with Crippen LogP contribution in [0.1, 0.15) is 26.3 Å². The van der Waals surface area contributed by atoms with Gasteiger partial charge in [0.15, 0.2) is 0 Å². The maximum atomic E-state index is 12.2. The second kappa shape index (κ2) is 6.38. The number of Topliss-reactive ketones (excluding diaryl/α,β-unsaturated/α-hetero) is 1. The van der Waals surface area contributed by atoms with Crippen molar-refractivity contribution in [3.63, 3.8) is 0 Å². The minimum atomic E-state index is -0.505. The van der Waals surface area contributed by atoms with Crippen LogP contribution in [0.3, 0.4) is 0 Å². The number of ether oxygens (including phenoxy) is 2. The molecule has 0 radical (unpaired) electrons. The molecule has 0 unspecified atom stereocenters. The van der Waals surface area contributed by atoms with Gasteiger partial charge in [0.25, 0.3) is 0 Å². The Kier molecular flexibility index (Phi) is 4.74. The Balaban J connectivity index is 1.80. The Labute approximate surface area is 131 Å². The molecule has 0 aromatic heterocycles. The van der Waals surface area contributed by atoms with Crippen LogP contribution < -0.4 is 4.74 Å². The van der Waals surface area contributed by atoms with Gasteiger partial charge >= 0.3 is 6.09 Å². The highest BCUT2D eigenvalue weighted by molar-refractivity contribution is 5.86. The second-order valence-electron chi connectivity index (χ2n) is 6.57. The fourth-order valence-corrected chi connectivity index (χ4v) is 2.25. The van der Waals surface area contributed by atoms with E-state index in [9.17, 15) is 9.59 Å². The SMILES string of the molecule is COc1ccc(CC(=O)C2CN(C(=O)OC(C)(C)C)C2)cc1. The first-order valence-electron chi connectivity index (χ1n) is 7.42. The summed E-state index contributed by atoms with van der Waals surface area (Å²) in [5, 5.41) is 0. The number of amides is 1. The summed E-state index contributed by atoms with van der Waals surface area (Å²) in [6.07, 6.45) is 0.0394. The van der Waals surface area contributed by atoms with Crippen LogP contribution in [0.15, 0.2) is 24.3 Å². The molecule has 22 heavy (non-hydrogen) atoms. The zero-order valence-electron chi connectivity index (χ0n) is 13.6. The molecule has 1 aromatic carbocycles. The number of likely N-dealkylation sites (tertiary alicyclic amines) is 1. The Morgan fingerprint density at radius 1 is 1.18 bits per heavy atom. The van der Waals surface area contributed by atoms with Gasteiger partial charge in [-0.1, -0.05) is 12.1 Å².